The van der Waals surface area contributed by atoms with Crippen LogP contribution in [0.1, 0.15) is 31.5 Å². The van der Waals surface area contributed by atoms with E-state index < -0.39 is 220 Å². The zero-order valence-electron chi connectivity index (χ0n) is 50.9. The van der Waals surface area contributed by atoms with Crippen molar-refractivity contribution in [2.24, 2.45) is 0 Å². The lowest BCUT2D eigenvalue weighted by atomic mass is 9.83. The van der Waals surface area contributed by atoms with Gasteiger partial charge in [-0.15, -0.1) is 0 Å². The minimum absolute atomic E-state index is 0.102. The Labute approximate surface area is 347 Å². The number of para-hydroxylation sites is 1. The predicted molar refractivity (Wildman–Crippen MR) is 236 cm³/mol. The van der Waals surface area contributed by atoms with Crippen LogP contribution in [0.15, 0.2) is 186 Å². The summed E-state index contributed by atoms with van der Waals surface area (Å²) in [5, 5.41) is -6.24. The maximum absolute atomic E-state index is 10.7. The molecule has 0 saturated heterocycles. The van der Waals surface area contributed by atoms with Crippen LogP contribution in [-0.2, 0) is 0 Å². The van der Waals surface area contributed by atoms with Crippen molar-refractivity contribution in [1.29, 1.82) is 0 Å². The number of furan rings is 1. The molecular formula is C54H30O. The van der Waals surface area contributed by atoms with E-state index in [1.807, 2.05) is 0 Å². The average Bonchev–Trinajstić information content (AvgIpc) is 3.90. The van der Waals surface area contributed by atoms with Crippen molar-refractivity contribution >= 4 is 108 Å². The van der Waals surface area contributed by atoms with Crippen molar-refractivity contribution < 1.29 is 35.9 Å². The fraction of sp³-hybridized carbons (Fsp3) is 0. The van der Waals surface area contributed by atoms with Crippen molar-refractivity contribution in [3.05, 3.63) is 181 Å². The van der Waals surface area contributed by atoms with E-state index in [1.54, 1.807) is 42.5 Å². The minimum Gasteiger partial charge on any atom is -0.456 e. The first-order chi connectivity index (χ1) is 36.9. The van der Waals surface area contributed by atoms with Crippen LogP contribution >= 0.6 is 0 Å². The molecule has 0 amide bonds. The van der Waals surface area contributed by atoms with Crippen LogP contribution in [0, 0.1) is 0 Å². The third kappa shape index (κ3) is 3.92. The van der Waals surface area contributed by atoms with E-state index in [-0.39, 0.29) is 27.3 Å². The summed E-state index contributed by atoms with van der Waals surface area (Å²) in [4.78, 5) is 0. The molecule has 0 N–H and O–H groups in total. The summed E-state index contributed by atoms with van der Waals surface area (Å²) in [6, 6.07) is -6.63. The van der Waals surface area contributed by atoms with Gasteiger partial charge in [-0.1, -0.05) is 151 Å². The summed E-state index contributed by atoms with van der Waals surface area (Å²) in [5.41, 5.74) is -0.226. The molecule has 13 rings (SSSR count). The summed E-state index contributed by atoms with van der Waals surface area (Å²) in [6.45, 7) is 0. The average molecular weight is 718 g/mol. The van der Waals surface area contributed by atoms with Crippen LogP contribution < -0.4 is 0 Å². The van der Waals surface area contributed by atoms with Crippen molar-refractivity contribution in [3.63, 3.8) is 0 Å². The van der Waals surface area contributed by atoms with E-state index in [9.17, 15) is 21.9 Å². The van der Waals surface area contributed by atoms with Gasteiger partial charge in [-0.2, -0.15) is 0 Å². The van der Waals surface area contributed by atoms with E-state index in [0.717, 1.165) is 0 Å². The van der Waals surface area contributed by atoms with E-state index in [1.165, 1.54) is 0 Å². The highest BCUT2D eigenvalue weighted by atomic mass is 16.3. The predicted octanol–water partition coefficient (Wildman–Crippen LogP) is 15.6. The molecule has 0 saturated carbocycles. The second kappa shape index (κ2) is 10.7. The van der Waals surface area contributed by atoms with Gasteiger partial charge in [-0.25, -0.2) is 0 Å². The Morgan fingerprint density at radius 3 is 1.40 bits per heavy atom. The molecule has 13 aromatic rings. The largest absolute Gasteiger partial charge is 0.456 e. The van der Waals surface area contributed by atoms with Crippen molar-refractivity contribution in [3.8, 4) is 22.3 Å². The van der Waals surface area contributed by atoms with Gasteiger partial charge in [0.1, 0.15) is 11.2 Å². The van der Waals surface area contributed by atoms with Crippen molar-refractivity contribution in [1.82, 2.24) is 0 Å². The minimum atomic E-state index is -0.884. The normalized spacial score (nSPS) is 18.2. The molecule has 1 nitrogen and oxygen atoms in total. The summed E-state index contributed by atoms with van der Waals surface area (Å²) in [5.74, 6) is 0. The number of fused-ring (bicyclic) bond motifs is 7. The molecule has 252 valence electrons. The molecule has 0 aliphatic heterocycles. The van der Waals surface area contributed by atoms with Gasteiger partial charge in [0.25, 0.3) is 0 Å². The maximum atomic E-state index is 10.7. The Morgan fingerprint density at radius 1 is 0.327 bits per heavy atom. The maximum Gasteiger partial charge on any atom is 0.135 e. The van der Waals surface area contributed by atoms with E-state index >= 15 is 0 Å². The Morgan fingerprint density at radius 2 is 0.800 bits per heavy atom. The highest BCUT2D eigenvalue weighted by Crippen LogP contribution is 2.48. The summed E-state index contributed by atoms with van der Waals surface area (Å²) < 4.78 is 224. The second-order valence-electron chi connectivity index (χ2n) is 13.3. The standard InChI is InChI=1S/C54H30O/c1-3-16-40-38(14-1)49(35-26-27-48-45(29-35)37-13-5-6-21-47(37)55-48)39-15-2-4-17-41(39)50(40)36-28-34-25-24-33-11-8-19-43-42-18-7-10-31-22-23-32-12-9-20-44(53(32)51(31)42)46(30-36)54(34)52(33)43/h1-30H/i1D,2D,3D,4D,7D,8D,9D,10D,11D,12D,14D,15D,16D,17D,18D,19D,20D,22D,23D,24D,25D,28D,30D. The van der Waals surface area contributed by atoms with Crippen LogP contribution in [0.3, 0.4) is 0 Å². The fourth-order valence-electron chi connectivity index (χ4n) is 8.30. The summed E-state index contributed by atoms with van der Waals surface area (Å²) >= 11 is 0. The van der Waals surface area contributed by atoms with Gasteiger partial charge in [0.15, 0.2) is 0 Å². The highest BCUT2D eigenvalue weighted by Gasteiger charge is 2.21. The molecule has 0 aliphatic carbocycles. The highest BCUT2D eigenvalue weighted by molar-refractivity contribution is 6.37. The monoisotopic (exact) mass is 717 g/mol. The first-order valence-corrected chi connectivity index (χ1v) is 17.2. The SMILES string of the molecule is [2H]c1c([2H])c([2H])c2c(-c3c([2H])c4c([2H])c([2H])c5c([2H])c([2H])c([2H])c6c7c([2H])c([2H])c([2H])c8c([2H])c([2H])c9c([2H])c([2H])c([2H])c(c(c3[2H])c4c56)c9c87)c3c([2H])c([2H])c([2H])c([2H])c3c(-c3ccc4oc5ccccc5c4c3)c2c1[2H]. The zero-order valence-corrected chi connectivity index (χ0v) is 27.9. The second-order valence-corrected chi connectivity index (χ2v) is 13.3. The van der Waals surface area contributed by atoms with Crippen LogP contribution in [-0.4, -0.2) is 0 Å². The van der Waals surface area contributed by atoms with Crippen LogP contribution in [0.4, 0.5) is 0 Å². The van der Waals surface area contributed by atoms with Crippen LogP contribution in [0.25, 0.3) is 130 Å². The van der Waals surface area contributed by atoms with Gasteiger partial charge in [-0.05, 0) is 139 Å². The number of hydrogen-bond donors (Lipinski definition) is 0. The lowest BCUT2D eigenvalue weighted by Gasteiger charge is -2.20. The molecule has 1 aromatic heterocycles. The number of hydrogen-bond acceptors (Lipinski definition) is 1. The molecular weight excluding hydrogens is 665 g/mol. The molecule has 0 radical (unpaired) electrons. The summed E-state index contributed by atoms with van der Waals surface area (Å²) in [7, 11) is 0. The van der Waals surface area contributed by atoms with E-state index in [0.29, 0.717) is 21.9 Å². The first kappa shape index (κ1) is 15.3. The molecule has 0 atom stereocenters. The topological polar surface area (TPSA) is 13.1 Å². The molecule has 1 heteroatoms. The smallest absolute Gasteiger partial charge is 0.135 e. The van der Waals surface area contributed by atoms with Crippen molar-refractivity contribution in [2.75, 3.05) is 0 Å². The Hall–Kier alpha value is -7.22. The number of benzene rings is 11. The fourth-order valence-corrected chi connectivity index (χ4v) is 8.30. The first-order valence-electron chi connectivity index (χ1n) is 28.7. The molecule has 0 spiro atoms. The lowest BCUT2D eigenvalue weighted by molar-refractivity contribution is 0.669. The Balaban J connectivity index is 1.42. The van der Waals surface area contributed by atoms with Gasteiger partial charge >= 0.3 is 0 Å². The molecule has 1 heterocycles. The molecule has 0 fully saturated rings. The molecule has 0 unspecified atom stereocenters. The Bertz CT molecular complexity index is 5030. The van der Waals surface area contributed by atoms with Crippen LogP contribution in [0.5, 0.6) is 0 Å². The van der Waals surface area contributed by atoms with Gasteiger partial charge in [0.2, 0.25) is 0 Å². The zero-order chi connectivity index (χ0) is 55.8. The quantitative estimate of drug-likeness (QED) is 0.128. The van der Waals surface area contributed by atoms with E-state index in [4.69, 9.17) is 14.0 Å². The molecule has 55 heavy (non-hydrogen) atoms. The Kier molecular flexibility index (Phi) is 2.96. The van der Waals surface area contributed by atoms with Gasteiger partial charge < -0.3 is 4.42 Å². The molecule has 12 aromatic carbocycles. The van der Waals surface area contributed by atoms with Crippen molar-refractivity contribution in [2.45, 2.75) is 0 Å². The van der Waals surface area contributed by atoms with E-state index in [2.05, 4.69) is 0 Å². The van der Waals surface area contributed by atoms with Crippen LogP contribution in [0.2, 0.25) is 0 Å². The molecule has 0 bridgehead atoms. The third-order valence-corrected chi connectivity index (χ3v) is 10.5. The third-order valence-electron chi connectivity index (χ3n) is 10.5. The van der Waals surface area contributed by atoms with Gasteiger partial charge in [0.05, 0.1) is 31.5 Å². The lowest BCUT2D eigenvalue weighted by Crippen LogP contribution is -1.92. The number of rotatable bonds is 2. The van der Waals surface area contributed by atoms with Gasteiger partial charge in [0, 0.05) is 10.8 Å². The summed E-state index contributed by atoms with van der Waals surface area (Å²) in [6.07, 6.45) is 0. The molecule has 0 aliphatic rings. The van der Waals surface area contributed by atoms with Gasteiger partial charge in [-0.3, -0.25) is 0 Å².